The predicted molar refractivity (Wildman–Crippen MR) is 77.9 cm³/mol. The molecule has 0 saturated heterocycles. The second-order valence-corrected chi connectivity index (χ2v) is 5.08. The monoisotopic (exact) mass is 305 g/mol. The fraction of sp³-hybridized carbons (Fsp3) is 0.200. The van der Waals surface area contributed by atoms with Crippen LogP contribution in [0.4, 0.5) is 0 Å². The second kappa shape index (κ2) is 5.55. The zero-order chi connectivity index (χ0) is 13.1. The van der Waals surface area contributed by atoms with Gasteiger partial charge in [0.1, 0.15) is 5.75 Å². The lowest BCUT2D eigenvalue weighted by Crippen LogP contribution is -2.13. The predicted octanol–water partition coefficient (Wildman–Crippen LogP) is 3.81. The third kappa shape index (κ3) is 2.57. The molecule has 0 radical (unpaired) electrons. The molecule has 0 heterocycles. The summed E-state index contributed by atoms with van der Waals surface area (Å²) in [6.07, 6.45) is 0. The first-order valence-corrected chi connectivity index (χ1v) is 6.57. The number of ether oxygens (including phenoxy) is 1. The van der Waals surface area contributed by atoms with Crippen molar-refractivity contribution < 1.29 is 4.74 Å². The van der Waals surface area contributed by atoms with Crippen LogP contribution in [0.2, 0.25) is 0 Å². The topological polar surface area (TPSA) is 35.2 Å². The molecule has 0 amide bonds. The highest BCUT2D eigenvalue weighted by atomic mass is 79.9. The maximum atomic E-state index is 6.31. The van der Waals surface area contributed by atoms with E-state index in [1.807, 2.05) is 24.3 Å². The van der Waals surface area contributed by atoms with Crippen LogP contribution in [0.3, 0.4) is 0 Å². The minimum atomic E-state index is -0.182. The Labute approximate surface area is 116 Å². The lowest BCUT2D eigenvalue weighted by molar-refractivity contribution is 0.408. The molecule has 18 heavy (non-hydrogen) atoms. The van der Waals surface area contributed by atoms with Crippen molar-refractivity contribution in [2.75, 3.05) is 7.11 Å². The number of halogens is 1. The summed E-state index contributed by atoms with van der Waals surface area (Å²) < 4.78 is 6.42. The van der Waals surface area contributed by atoms with Gasteiger partial charge in [0.25, 0.3) is 0 Å². The first kappa shape index (κ1) is 13.1. The summed E-state index contributed by atoms with van der Waals surface area (Å²) in [6.45, 7) is 2.06. The van der Waals surface area contributed by atoms with Crippen LogP contribution < -0.4 is 10.5 Å². The Balaban J connectivity index is 2.41. The Kier molecular flexibility index (Phi) is 4.04. The van der Waals surface area contributed by atoms with Crippen molar-refractivity contribution in [2.45, 2.75) is 13.0 Å². The Hall–Kier alpha value is -1.32. The summed E-state index contributed by atoms with van der Waals surface area (Å²) in [4.78, 5) is 0. The molecule has 1 unspecified atom stereocenters. The molecule has 2 aromatic carbocycles. The van der Waals surface area contributed by atoms with Crippen LogP contribution in [0.25, 0.3) is 0 Å². The van der Waals surface area contributed by atoms with Gasteiger partial charge in [0.05, 0.1) is 13.2 Å². The minimum Gasteiger partial charge on any atom is -0.496 e. The minimum absolute atomic E-state index is 0.182. The summed E-state index contributed by atoms with van der Waals surface area (Å²) in [7, 11) is 1.66. The number of methoxy groups -OCH3 is 1. The van der Waals surface area contributed by atoms with Gasteiger partial charge < -0.3 is 10.5 Å². The molecular weight excluding hydrogens is 290 g/mol. The van der Waals surface area contributed by atoms with Crippen molar-refractivity contribution in [1.29, 1.82) is 0 Å². The van der Waals surface area contributed by atoms with Gasteiger partial charge in [-0.3, -0.25) is 0 Å². The SMILES string of the molecule is COc1ccccc1C(N)c1ccc(C)c(Br)c1. The second-order valence-electron chi connectivity index (χ2n) is 4.23. The van der Waals surface area contributed by atoms with Gasteiger partial charge in [-0.15, -0.1) is 0 Å². The number of hydrogen-bond acceptors (Lipinski definition) is 2. The molecule has 94 valence electrons. The normalized spacial score (nSPS) is 12.2. The molecule has 2 N–H and O–H groups in total. The summed E-state index contributed by atoms with van der Waals surface area (Å²) in [5.41, 5.74) is 9.57. The molecule has 3 heteroatoms. The van der Waals surface area contributed by atoms with Gasteiger partial charge >= 0.3 is 0 Å². The highest BCUT2D eigenvalue weighted by Gasteiger charge is 2.14. The van der Waals surface area contributed by atoms with E-state index in [0.717, 1.165) is 21.3 Å². The molecule has 0 aliphatic heterocycles. The zero-order valence-corrected chi connectivity index (χ0v) is 12.1. The molecule has 0 fully saturated rings. The van der Waals surface area contributed by atoms with Gasteiger partial charge in [-0.1, -0.05) is 46.3 Å². The van der Waals surface area contributed by atoms with Gasteiger partial charge in [0.2, 0.25) is 0 Å². The molecule has 0 spiro atoms. The van der Waals surface area contributed by atoms with Crippen molar-refractivity contribution in [3.8, 4) is 5.75 Å². The van der Waals surface area contributed by atoms with E-state index in [1.54, 1.807) is 7.11 Å². The maximum absolute atomic E-state index is 6.31. The van der Waals surface area contributed by atoms with Gasteiger partial charge in [-0.2, -0.15) is 0 Å². The third-order valence-electron chi connectivity index (χ3n) is 3.03. The van der Waals surface area contributed by atoms with E-state index in [2.05, 4.69) is 41.1 Å². The van der Waals surface area contributed by atoms with Crippen molar-refractivity contribution in [2.24, 2.45) is 5.73 Å². The fourth-order valence-electron chi connectivity index (χ4n) is 1.91. The van der Waals surface area contributed by atoms with E-state index in [9.17, 15) is 0 Å². The molecule has 2 rings (SSSR count). The van der Waals surface area contributed by atoms with Gasteiger partial charge in [-0.05, 0) is 30.2 Å². The highest BCUT2D eigenvalue weighted by molar-refractivity contribution is 9.10. The van der Waals surface area contributed by atoms with Crippen molar-refractivity contribution in [3.63, 3.8) is 0 Å². The number of aryl methyl sites for hydroxylation is 1. The summed E-state index contributed by atoms with van der Waals surface area (Å²) in [5.74, 6) is 0.821. The lowest BCUT2D eigenvalue weighted by Gasteiger charge is -2.16. The van der Waals surface area contributed by atoms with E-state index >= 15 is 0 Å². The molecule has 0 bridgehead atoms. The molecule has 0 saturated carbocycles. The van der Waals surface area contributed by atoms with Crippen molar-refractivity contribution >= 4 is 15.9 Å². The van der Waals surface area contributed by atoms with E-state index in [0.29, 0.717) is 0 Å². The summed E-state index contributed by atoms with van der Waals surface area (Å²) in [5, 5.41) is 0. The molecule has 0 aromatic heterocycles. The standard InChI is InChI=1S/C15H16BrNO/c1-10-7-8-11(9-13(10)16)15(17)12-5-3-4-6-14(12)18-2/h3-9,15H,17H2,1-2H3. The summed E-state index contributed by atoms with van der Waals surface area (Å²) in [6, 6.07) is 13.8. The number of para-hydroxylation sites is 1. The lowest BCUT2D eigenvalue weighted by atomic mass is 9.98. The molecule has 0 aliphatic rings. The number of benzene rings is 2. The molecule has 0 aliphatic carbocycles. The molecule has 1 atom stereocenters. The van der Waals surface area contributed by atoms with Crippen LogP contribution in [0, 0.1) is 6.92 Å². The van der Waals surface area contributed by atoms with E-state index < -0.39 is 0 Å². The van der Waals surface area contributed by atoms with Crippen LogP contribution in [-0.4, -0.2) is 7.11 Å². The number of hydrogen-bond donors (Lipinski definition) is 1. The van der Waals surface area contributed by atoms with E-state index in [1.165, 1.54) is 5.56 Å². The van der Waals surface area contributed by atoms with E-state index in [4.69, 9.17) is 10.5 Å². The van der Waals surface area contributed by atoms with Crippen molar-refractivity contribution in [1.82, 2.24) is 0 Å². The fourth-order valence-corrected chi connectivity index (χ4v) is 2.30. The first-order valence-electron chi connectivity index (χ1n) is 5.78. The van der Waals surface area contributed by atoms with Crippen LogP contribution in [0.5, 0.6) is 5.75 Å². The largest absolute Gasteiger partial charge is 0.496 e. The van der Waals surface area contributed by atoms with Gasteiger partial charge in [-0.25, -0.2) is 0 Å². The van der Waals surface area contributed by atoms with Crippen LogP contribution in [0.1, 0.15) is 22.7 Å². The molecular formula is C15H16BrNO. The average molecular weight is 306 g/mol. The van der Waals surface area contributed by atoms with E-state index in [-0.39, 0.29) is 6.04 Å². The number of nitrogens with two attached hydrogens (primary N) is 1. The third-order valence-corrected chi connectivity index (χ3v) is 3.88. The van der Waals surface area contributed by atoms with Crippen LogP contribution >= 0.6 is 15.9 Å². The Morgan fingerprint density at radius 2 is 1.89 bits per heavy atom. The Morgan fingerprint density at radius 1 is 1.17 bits per heavy atom. The van der Waals surface area contributed by atoms with Crippen LogP contribution in [0.15, 0.2) is 46.9 Å². The number of rotatable bonds is 3. The summed E-state index contributed by atoms with van der Waals surface area (Å²) >= 11 is 3.54. The average Bonchev–Trinajstić information content (AvgIpc) is 2.41. The highest BCUT2D eigenvalue weighted by Crippen LogP contribution is 2.30. The first-order chi connectivity index (χ1) is 8.63. The quantitative estimate of drug-likeness (QED) is 0.936. The Morgan fingerprint density at radius 3 is 2.56 bits per heavy atom. The molecule has 2 aromatic rings. The Bertz CT molecular complexity index is 554. The smallest absolute Gasteiger partial charge is 0.123 e. The molecule has 2 nitrogen and oxygen atoms in total. The van der Waals surface area contributed by atoms with Gasteiger partial charge in [0.15, 0.2) is 0 Å². The van der Waals surface area contributed by atoms with Crippen LogP contribution in [-0.2, 0) is 0 Å². The zero-order valence-electron chi connectivity index (χ0n) is 10.5. The maximum Gasteiger partial charge on any atom is 0.123 e. The van der Waals surface area contributed by atoms with Gasteiger partial charge in [0, 0.05) is 10.0 Å². The van der Waals surface area contributed by atoms with Crippen molar-refractivity contribution in [3.05, 3.63) is 63.6 Å².